The molecule has 0 saturated carbocycles. The number of hydrogen-bond acceptors (Lipinski definition) is 8. The molecule has 0 unspecified atom stereocenters. The maximum atomic E-state index is 13.4. The molecule has 9 heteroatoms. The van der Waals surface area contributed by atoms with Crippen LogP contribution in [0, 0.1) is 0 Å². The maximum Gasteiger partial charge on any atom is 0.338 e. The molecule has 1 atom stereocenters. The molecule has 3 aromatic rings. The Morgan fingerprint density at radius 3 is 2.67 bits per heavy atom. The van der Waals surface area contributed by atoms with E-state index < -0.39 is 18.0 Å². The van der Waals surface area contributed by atoms with Gasteiger partial charge >= 0.3 is 11.9 Å². The maximum absolute atomic E-state index is 13.4. The first kappa shape index (κ1) is 22.2. The van der Waals surface area contributed by atoms with Crippen molar-refractivity contribution in [2.75, 3.05) is 6.61 Å². The van der Waals surface area contributed by atoms with Gasteiger partial charge in [0.1, 0.15) is 18.1 Å². The lowest BCUT2D eigenvalue weighted by Crippen LogP contribution is -2.39. The summed E-state index contributed by atoms with van der Waals surface area (Å²) >= 11 is 1.20. The largest absolute Gasteiger partial charge is 0.465 e. The Bertz CT molecular complexity index is 1430. The van der Waals surface area contributed by atoms with E-state index in [0.717, 1.165) is 0 Å². The molecule has 168 valence electrons. The number of carbonyl (C=O) groups excluding carboxylic acids is 2. The number of nitrogens with zero attached hydrogens (tertiary/aromatic N) is 2. The van der Waals surface area contributed by atoms with Crippen LogP contribution in [0.25, 0.3) is 6.08 Å². The monoisotopic (exact) mass is 464 g/mol. The van der Waals surface area contributed by atoms with Crippen molar-refractivity contribution in [2.45, 2.75) is 19.9 Å². The minimum absolute atomic E-state index is 0.0244. The minimum atomic E-state index is -0.774. The van der Waals surface area contributed by atoms with Gasteiger partial charge in [0.15, 0.2) is 4.80 Å². The van der Waals surface area contributed by atoms with Gasteiger partial charge in [-0.2, -0.15) is 0 Å². The molecule has 0 aliphatic carbocycles. The second-order valence-electron chi connectivity index (χ2n) is 7.15. The van der Waals surface area contributed by atoms with Gasteiger partial charge in [0.05, 0.1) is 28.1 Å². The Hall–Kier alpha value is -3.98. The first-order chi connectivity index (χ1) is 15.9. The average molecular weight is 464 g/mol. The van der Waals surface area contributed by atoms with Gasteiger partial charge in [-0.25, -0.2) is 9.79 Å². The Kier molecular flexibility index (Phi) is 6.23. The van der Waals surface area contributed by atoms with E-state index in [0.29, 0.717) is 32.1 Å². The fourth-order valence-corrected chi connectivity index (χ4v) is 4.52. The zero-order valence-electron chi connectivity index (χ0n) is 17.9. The Morgan fingerprint density at radius 1 is 1.27 bits per heavy atom. The first-order valence-corrected chi connectivity index (χ1v) is 10.8. The number of furan rings is 1. The third kappa shape index (κ3) is 4.49. The van der Waals surface area contributed by atoms with Gasteiger partial charge in [0.2, 0.25) is 0 Å². The van der Waals surface area contributed by atoms with Crippen LogP contribution in [0.4, 0.5) is 0 Å². The predicted octanol–water partition coefficient (Wildman–Crippen LogP) is 2.48. The van der Waals surface area contributed by atoms with Gasteiger partial charge in [0.25, 0.3) is 5.56 Å². The summed E-state index contributed by atoms with van der Waals surface area (Å²) in [5, 5.41) is 0. The number of rotatable bonds is 6. The Labute approximate surface area is 192 Å². The zero-order chi connectivity index (χ0) is 23.5. The molecule has 1 aliphatic heterocycles. The van der Waals surface area contributed by atoms with E-state index in [2.05, 4.69) is 11.6 Å². The van der Waals surface area contributed by atoms with E-state index in [9.17, 15) is 14.4 Å². The van der Waals surface area contributed by atoms with E-state index in [1.165, 1.54) is 35.2 Å². The van der Waals surface area contributed by atoms with E-state index >= 15 is 0 Å². The predicted molar refractivity (Wildman–Crippen MR) is 121 cm³/mol. The molecule has 2 aromatic heterocycles. The molecule has 1 aromatic carbocycles. The molecule has 0 N–H and O–H groups in total. The summed E-state index contributed by atoms with van der Waals surface area (Å²) in [6.45, 7) is 6.61. The molecule has 0 bridgehead atoms. The number of esters is 2. The van der Waals surface area contributed by atoms with Crippen molar-refractivity contribution < 1.29 is 23.5 Å². The number of allylic oxidation sites excluding steroid dienone is 1. The highest BCUT2D eigenvalue weighted by Crippen LogP contribution is 2.31. The van der Waals surface area contributed by atoms with Crippen LogP contribution >= 0.6 is 11.3 Å². The average Bonchev–Trinajstić information content (AvgIpc) is 3.39. The van der Waals surface area contributed by atoms with Crippen molar-refractivity contribution in [3.05, 3.63) is 97.6 Å². The van der Waals surface area contributed by atoms with Gasteiger partial charge in [-0.05, 0) is 36.8 Å². The second-order valence-corrected chi connectivity index (χ2v) is 8.16. The molecule has 0 spiro atoms. The fourth-order valence-electron chi connectivity index (χ4n) is 3.50. The summed E-state index contributed by atoms with van der Waals surface area (Å²) in [6.07, 6.45) is 4.63. The molecule has 33 heavy (non-hydrogen) atoms. The first-order valence-electron chi connectivity index (χ1n) is 10.0. The normalized spacial score (nSPS) is 15.6. The number of thiazole rings is 1. The number of fused-ring (bicyclic) bond motifs is 1. The van der Waals surface area contributed by atoms with Crippen LogP contribution in [0.1, 0.15) is 31.2 Å². The summed E-state index contributed by atoms with van der Waals surface area (Å²) in [7, 11) is 0. The molecule has 0 fully saturated rings. The smallest absolute Gasteiger partial charge is 0.338 e. The molecule has 8 nitrogen and oxygen atoms in total. The van der Waals surface area contributed by atoms with Crippen molar-refractivity contribution in [1.29, 1.82) is 0 Å². The van der Waals surface area contributed by atoms with Crippen LogP contribution in [-0.4, -0.2) is 23.1 Å². The number of aromatic nitrogens is 1. The number of benzene rings is 1. The highest BCUT2D eigenvalue weighted by atomic mass is 32.1. The summed E-state index contributed by atoms with van der Waals surface area (Å²) < 4.78 is 17.6. The van der Waals surface area contributed by atoms with E-state index in [1.807, 2.05) is 0 Å². The fraction of sp³-hybridized carbons (Fsp3) is 0.167. The van der Waals surface area contributed by atoms with Gasteiger partial charge < -0.3 is 13.9 Å². The van der Waals surface area contributed by atoms with Crippen LogP contribution in [-0.2, 0) is 14.3 Å². The number of ether oxygens (including phenoxy) is 2. The van der Waals surface area contributed by atoms with Crippen LogP contribution in [0.5, 0.6) is 5.75 Å². The molecule has 3 heterocycles. The van der Waals surface area contributed by atoms with Crippen LogP contribution in [0.2, 0.25) is 0 Å². The van der Waals surface area contributed by atoms with E-state index in [4.69, 9.17) is 13.9 Å². The van der Waals surface area contributed by atoms with Crippen LogP contribution < -0.4 is 19.6 Å². The standard InChI is InChI=1S/C24H20N2O6S/c1-4-11-31-23(29)20-14(2)25-24-26(22(28)19(33-24)13-18-6-5-12-30-18)21(20)16-7-9-17(10-8-16)32-15(3)27/h4-10,12-13,21H,1,11H2,2-3H3/b19-13+/t21-/m1/s1. The highest BCUT2D eigenvalue weighted by molar-refractivity contribution is 7.07. The van der Waals surface area contributed by atoms with E-state index in [-0.39, 0.29) is 17.7 Å². The number of carbonyl (C=O) groups is 2. The summed E-state index contributed by atoms with van der Waals surface area (Å²) in [6, 6.07) is 9.32. The molecule has 0 radical (unpaired) electrons. The molecule has 0 saturated heterocycles. The zero-order valence-corrected chi connectivity index (χ0v) is 18.8. The molecule has 1 aliphatic rings. The van der Waals surface area contributed by atoms with Crippen molar-refractivity contribution >= 4 is 29.4 Å². The minimum Gasteiger partial charge on any atom is -0.465 e. The molecule has 0 amide bonds. The third-order valence-electron chi connectivity index (χ3n) is 4.85. The topological polar surface area (TPSA) is 100 Å². The summed E-state index contributed by atoms with van der Waals surface area (Å²) in [5.74, 6) is -0.152. The summed E-state index contributed by atoms with van der Waals surface area (Å²) in [5.41, 5.74) is 1.01. The lowest BCUT2D eigenvalue weighted by Gasteiger charge is -2.24. The van der Waals surface area contributed by atoms with E-state index in [1.54, 1.807) is 49.4 Å². The van der Waals surface area contributed by atoms with Crippen molar-refractivity contribution in [1.82, 2.24) is 4.57 Å². The van der Waals surface area contributed by atoms with Crippen LogP contribution in [0.15, 0.2) is 80.8 Å². The quantitative estimate of drug-likeness (QED) is 0.316. The second kappa shape index (κ2) is 9.25. The van der Waals surface area contributed by atoms with Gasteiger partial charge in [-0.15, -0.1) is 0 Å². The van der Waals surface area contributed by atoms with Gasteiger partial charge in [-0.1, -0.05) is 36.1 Å². The third-order valence-corrected chi connectivity index (χ3v) is 5.83. The summed E-state index contributed by atoms with van der Waals surface area (Å²) in [4.78, 5) is 42.6. The van der Waals surface area contributed by atoms with Crippen molar-refractivity contribution in [3.8, 4) is 5.75 Å². The SMILES string of the molecule is C=CCOC(=O)C1=C(C)N=c2s/c(=C/c3ccco3)c(=O)n2[C@@H]1c1ccc(OC(C)=O)cc1. The lowest BCUT2D eigenvalue weighted by atomic mass is 9.96. The molecular weight excluding hydrogens is 444 g/mol. The Morgan fingerprint density at radius 2 is 2.03 bits per heavy atom. The van der Waals surface area contributed by atoms with Gasteiger partial charge in [-0.3, -0.25) is 14.2 Å². The molecule has 4 rings (SSSR count). The highest BCUT2D eigenvalue weighted by Gasteiger charge is 2.33. The molecular formula is C24H20N2O6S. The lowest BCUT2D eigenvalue weighted by molar-refractivity contribution is -0.138. The van der Waals surface area contributed by atoms with Crippen molar-refractivity contribution in [3.63, 3.8) is 0 Å². The van der Waals surface area contributed by atoms with Gasteiger partial charge in [0, 0.05) is 13.0 Å². The Balaban J connectivity index is 1.89. The van der Waals surface area contributed by atoms with Crippen LogP contribution in [0.3, 0.4) is 0 Å². The number of hydrogen-bond donors (Lipinski definition) is 0. The van der Waals surface area contributed by atoms with Crippen molar-refractivity contribution in [2.24, 2.45) is 4.99 Å².